The average Bonchev–Trinajstić information content (AvgIpc) is 3.42. The minimum Gasteiger partial charge on any atom is -0.493 e. The van der Waals surface area contributed by atoms with E-state index in [1.54, 1.807) is 30.2 Å². The van der Waals surface area contributed by atoms with Crippen LogP contribution in [0, 0.1) is 6.92 Å². The fourth-order valence-corrected chi connectivity index (χ4v) is 4.40. The molecule has 9 heteroatoms. The van der Waals surface area contributed by atoms with Crippen LogP contribution in [0.15, 0.2) is 36.7 Å². The molecule has 0 amide bonds. The van der Waals surface area contributed by atoms with Crippen LogP contribution in [0.2, 0.25) is 0 Å². The lowest BCUT2D eigenvalue weighted by Crippen LogP contribution is -2.08. The monoisotopic (exact) mass is 439 g/mol. The van der Waals surface area contributed by atoms with Crippen molar-refractivity contribution in [3.05, 3.63) is 47.4 Å². The lowest BCUT2D eigenvalue weighted by molar-refractivity contribution is 0.269. The van der Waals surface area contributed by atoms with Gasteiger partial charge in [-0.2, -0.15) is 5.10 Å². The quantitative estimate of drug-likeness (QED) is 0.428. The fraction of sp³-hybridized carbons (Fsp3) is 0.318. The summed E-state index contributed by atoms with van der Waals surface area (Å²) in [5.74, 6) is 2.70. The van der Waals surface area contributed by atoms with Crippen molar-refractivity contribution in [2.24, 2.45) is 0 Å². The third-order valence-electron chi connectivity index (χ3n) is 4.97. The smallest absolute Gasteiger partial charge is 0.162 e. The molecule has 1 atom stereocenters. The van der Waals surface area contributed by atoms with E-state index in [1.165, 1.54) is 4.88 Å². The molecule has 162 valence electrons. The summed E-state index contributed by atoms with van der Waals surface area (Å²) < 4.78 is 12.6. The van der Waals surface area contributed by atoms with Crippen molar-refractivity contribution >= 4 is 28.1 Å². The zero-order valence-corrected chi connectivity index (χ0v) is 18.7. The van der Waals surface area contributed by atoms with Crippen LogP contribution >= 0.6 is 11.3 Å². The van der Waals surface area contributed by atoms with Crippen LogP contribution in [0.4, 0.5) is 5.82 Å². The molecule has 0 saturated carbocycles. The second-order valence-electron chi connectivity index (χ2n) is 7.13. The first-order chi connectivity index (χ1) is 15.0. The maximum Gasteiger partial charge on any atom is 0.162 e. The summed E-state index contributed by atoms with van der Waals surface area (Å²) in [6.07, 6.45) is 3.77. The lowest BCUT2D eigenvalue weighted by atomic mass is 10.2. The van der Waals surface area contributed by atoms with Crippen molar-refractivity contribution in [1.82, 2.24) is 19.7 Å². The molecule has 1 unspecified atom stereocenters. The zero-order chi connectivity index (χ0) is 22.0. The van der Waals surface area contributed by atoms with Crippen molar-refractivity contribution in [1.29, 1.82) is 0 Å². The molecule has 0 aliphatic carbocycles. The number of ether oxygens (including phenoxy) is 2. The molecule has 4 rings (SSSR count). The van der Waals surface area contributed by atoms with E-state index >= 15 is 0 Å². The number of thiophene rings is 1. The van der Waals surface area contributed by atoms with E-state index in [1.807, 2.05) is 31.5 Å². The molecule has 0 bridgehead atoms. The van der Waals surface area contributed by atoms with Crippen LogP contribution < -0.4 is 14.8 Å². The third-order valence-corrected chi connectivity index (χ3v) is 6.28. The van der Waals surface area contributed by atoms with Gasteiger partial charge in [0.25, 0.3) is 0 Å². The van der Waals surface area contributed by atoms with E-state index < -0.39 is 0 Å². The Labute approximate surface area is 184 Å². The summed E-state index contributed by atoms with van der Waals surface area (Å²) in [5.41, 5.74) is 1.83. The Morgan fingerprint density at radius 1 is 1.16 bits per heavy atom. The van der Waals surface area contributed by atoms with Crippen molar-refractivity contribution in [2.45, 2.75) is 26.4 Å². The fourth-order valence-electron chi connectivity index (χ4n) is 3.41. The standard InChI is InChI=1S/C22H25N5O3S/c1-13(20-5-6-21(31-20)15-11-23-27(12-15)7-8-28)24-22-16-9-18(29-3)19(30-4)10-17(16)25-14(2)26-22/h5-6,9-13,28H,7-8H2,1-4H3,(H,24,25,26). The Bertz CT molecular complexity index is 1200. The Morgan fingerprint density at radius 2 is 1.94 bits per heavy atom. The van der Waals surface area contributed by atoms with Gasteiger partial charge in [0.1, 0.15) is 11.6 Å². The van der Waals surface area contributed by atoms with Crippen molar-refractivity contribution in [2.75, 3.05) is 26.1 Å². The largest absolute Gasteiger partial charge is 0.493 e. The molecule has 3 aromatic heterocycles. The number of methoxy groups -OCH3 is 2. The normalized spacial score (nSPS) is 12.2. The molecule has 0 saturated heterocycles. The number of nitrogens with zero attached hydrogens (tertiary/aromatic N) is 4. The maximum atomic E-state index is 9.08. The number of hydrogen-bond donors (Lipinski definition) is 2. The molecular weight excluding hydrogens is 414 g/mol. The van der Waals surface area contributed by atoms with E-state index in [9.17, 15) is 0 Å². The molecule has 0 radical (unpaired) electrons. The lowest BCUT2D eigenvalue weighted by Gasteiger charge is -2.16. The van der Waals surface area contributed by atoms with E-state index in [-0.39, 0.29) is 12.6 Å². The molecule has 31 heavy (non-hydrogen) atoms. The van der Waals surface area contributed by atoms with Crippen molar-refractivity contribution in [3.63, 3.8) is 0 Å². The number of fused-ring (bicyclic) bond motifs is 1. The average molecular weight is 440 g/mol. The van der Waals surface area contributed by atoms with E-state index in [2.05, 4.69) is 39.4 Å². The molecule has 0 aliphatic rings. The third kappa shape index (κ3) is 4.33. The van der Waals surface area contributed by atoms with Crippen LogP contribution in [0.1, 0.15) is 23.7 Å². The number of aliphatic hydroxyl groups excluding tert-OH is 1. The molecule has 1 aromatic carbocycles. The van der Waals surface area contributed by atoms with Gasteiger partial charge in [-0.3, -0.25) is 4.68 Å². The number of nitrogens with one attached hydrogen (secondary N) is 1. The maximum absolute atomic E-state index is 9.08. The number of aliphatic hydroxyl groups is 1. The molecule has 4 aromatic rings. The minimum absolute atomic E-state index is 0.0387. The van der Waals surface area contributed by atoms with Gasteiger partial charge in [-0.1, -0.05) is 0 Å². The number of aromatic nitrogens is 4. The molecule has 0 fully saturated rings. The Balaban J connectivity index is 1.62. The second kappa shape index (κ2) is 8.91. The summed E-state index contributed by atoms with van der Waals surface area (Å²) in [5, 5.41) is 17.8. The molecule has 2 N–H and O–H groups in total. The van der Waals surface area contributed by atoms with Gasteiger partial charge in [0, 0.05) is 33.0 Å². The van der Waals surface area contributed by atoms with Gasteiger partial charge >= 0.3 is 0 Å². The highest BCUT2D eigenvalue weighted by atomic mass is 32.1. The van der Waals surface area contributed by atoms with Gasteiger partial charge in [0.2, 0.25) is 0 Å². The van der Waals surface area contributed by atoms with Crippen LogP contribution in [-0.4, -0.2) is 45.7 Å². The first-order valence-electron chi connectivity index (χ1n) is 9.92. The summed E-state index contributed by atoms with van der Waals surface area (Å²) in [7, 11) is 3.23. The number of aryl methyl sites for hydroxylation is 1. The van der Waals surface area contributed by atoms with Gasteiger partial charge in [-0.15, -0.1) is 11.3 Å². The highest BCUT2D eigenvalue weighted by Crippen LogP contribution is 2.36. The first-order valence-corrected chi connectivity index (χ1v) is 10.7. The topological polar surface area (TPSA) is 94.3 Å². The predicted octanol–water partition coefficient (Wildman–Crippen LogP) is 4.05. The summed E-state index contributed by atoms with van der Waals surface area (Å²) in [6, 6.07) is 8.01. The van der Waals surface area contributed by atoms with E-state index in [0.29, 0.717) is 23.9 Å². The summed E-state index contributed by atoms with van der Waals surface area (Å²) in [6.45, 7) is 4.54. The van der Waals surface area contributed by atoms with Gasteiger partial charge in [0.15, 0.2) is 11.5 Å². The summed E-state index contributed by atoms with van der Waals surface area (Å²) in [4.78, 5) is 11.5. The Kier molecular flexibility index (Phi) is 6.06. The van der Waals surface area contributed by atoms with Gasteiger partial charge in [0.05, 0.1) is 45.1 Å². The number of hydrogen-bond acceptors (Lipinski definition) is 8. The van der Waals surface area contributed by atoms with Crippen molar-refractivity contribution in [3.8, 4) is 21.9 Å². The SMILES string of the molecule is COc1cc2nc(C)nc(NC(C)c3ccc(-c4cnn(CCO)c4)s3)c2cc1OC. The van der Waals surface area contributed by atoms with Crippen LogP contribution in [-0.2, 0) is 6.54 Å². The van der Waals surface area contributed by atoms with Crippen LogP contribution in [0.5, 0.6) is 11.5 Å². The number of anilines is 1. The van der Waals surface area contributed by atoms with Crippen LogP contribution in [0.3, 0.4) is 0 Å². The first kappa shape index (κ1) is 21.1. The number of benzene rings is 1. The zero-order valence-electron chi connectivity index (χ0n) is 17.9. The van der Waals surface area contributed by atoms with Crippen LogP contribution in [0.25, 0.3) is 21.3 Å². The second-order valence-corrected chi connectivity index (χ2v) is 8.24. The molecule has 3 heterocycles. The number of rotatable bonds is 8. The predicted molar refractivity (Wildman–Crippen MR) is 122 cm³/mol. The summed E-state index contributed by atoms with van der Waals surface area (Å²) >= 11 is 1.70. The van der Waals surface area contributed by atoms with Gasteiger partial charge in [-0.25, -0.2) is 9.97 Å². The van der Waals surface area contributed by atoms with E-state index in [4.69, 9.17) is 14.6 Å². The highest BCUT2D eigenvalue weighted by molar-refractivity contribution is 7.15. The Hall–Kier alpha value is -3.17. The molecule has 0 aliphatic heterocycles. The van der Waals surface area contributed by atoms with Crippen molar-refractivity contribution < 1.29 is 14.6 Å². The van der Waals surface area contributed by atoms with Gasteiger partial charge < -0.3 is 19.9 Å². The highest BCUT2D eigenvalue weighted by Gasteiger charge is 2.16. The Morgan fingerprint density at radius 3 is 2.68 bits per heavy atom. The van der Waals surface area contributed by atoms with Gasteiger partial charge in [-0.05, 0) is 32.0 Å². The molecule has 8 nitrogen and oxygen atoms in total. The minimum atomic E-state index is 0.0387. The molecule has 0 spiro atoms. The van der Waals surface area contributed by atoms with E-state index in [0.717, 1.165) is 27.2 Å². The molecular formula is C22H25N5O3S.